The molecule has 1 N–H and O–H groups in total. The normalized spacial score (nSPS) is 11.2. The van der Waals surface area contributed by atoms with Crippen molar-refractivity contribution in [3.05, 3.63) is 71.0 Å². The number of benzene rings is 3. The number of aromatic amines is 1. The molecule has 146 valence electrons. The summed E-state index contributed by atoms with van der Waals surface area (Å²) in [6.07, 6.45) is 1.75. The molecule has 1 heterocycles. The van der Waals surface area contributed by atoms with E-state index >= 15 is 0 Å². The first kappa shape index (κ1) is 18.9. The molecule has 0 aliphatic rings. The van der Waals surface area contributed by atoms with Gasteiger partial charge >= 0.3 is 0 Å². The number of hydrogen-bond donors (Lipinski definition) is 1. The maximum atomic E-state index is 5.54. The quantitative estimate of drug-likeness (QED) is 0.361. The Hall–Kier alpha value is -3.45. The number of ether oxygens (including phenoxy) is 2. The van der Waals surface area contributed by atoms with Crippen LogP contribution < -0.4 is 9.47 Å². The van der Waals surface area contributed by atoms with Gasteiger partial charge in [-0.3, -0.25) is 0 Å². The molecule has 29 heavy (non-hydrogen) atoms. The second-order valence-corrected chi connectivity index (χ2v) is 6.66. The van der Waals surface area contributed by atoms with Crippen LogP contribution in [0.25, 0.3) is 22.2 Å². The van der Waals surface area contributed by atoms with Crippen LogP contribution in [0.3, 0.4) is 0 Å². The molecule has 0 unspecified atom stereocenters. The van der Waals surface area contributed by atoms with Crippen LogP contribution in [0.1, 0.15) is 12.5 Å². The molecule has 0 spiro atoms. The molecule has 6 nitrogen and oxygen atoms in total. The molecule has 4 aromatic rings. The third kappa shape index (κ3) is 3.77. The Morgan fingerprint density at radius 2 is 1.90 bits per heavy atom. The number of nitrogens with one attached hydrogen (secondary N) is 1. The first-order valence-corrected chi connectivity index (χ1v) is 9.63. The van der Waals surface area contributed by atoms with Crippen LogP contribution in [-0.2, 0) is 0 Å². The number of fused-ring (bicyclic) bond motifs is 1. The van der Waals surface area contributed by atoms with Crippen LogP contribution >= 0.6 is 12.2 Å². The van der Waals surface area contributed by atoms with Crippen LogP contribution in [0.5, 0.6) is 11.5 Å². The lowest BCUT2D eigenvalue weighted by molar-refractivity contribution is 0.340. The van der Waals surface area contributed by atoms with Gasteiger partial charge in [0.25, 0.3) is 0 Å². The minimum atomic E-state index is 0.407. The van der Waals surface area contributed by atoms with Crippen molar-refractivity contribution < 1.29 is 9.47 Å². The number of aromatic nitrogens is 3. The summed E-state index contributed by atoms with van der Waals surface area (Å²) in [5, 5.41) is 13.9. The molecule has 0 aliphatic carbocycles. The van der Waals surface area contributed by atoms with Crippen molar-refractivity contribution in [3.8, 4) is 22.9 Å². The van der Waals surface area contributed by atoms with E-state index in [2.05, 4.69) is 21.4 Å². The van der Waals surface area contributed by atoms with Crippen molar-refractivity contribution in [3.63, 3.8) is 0 Å². The van der Waals surface area contributed by atoms with Crippen LogP contribution in [0, 0.1) is 4.77 Å². The molecular formula is C22H20N4O2S. The number of nitrogens with zero attached hydrogens (tertiary/aromatic N) is 3. The highest BCUT2D eigenvalue weighted by molar-refractivity contribution is 7.71. The van der Waals surface area contributed by atoms with Gasteiger partial charge in [0.05, 0.1) is 19.9 Å². The standard InChI is InChI=1S/C22H20N4O2S/c1-3-28-17-11-8-16(9-12-17)21-24-25-22(29)26(21)23-14-19-18-7-5-4-6-15(18)10-13-20(19)27-2/h4-14H,3H2,1-2H3,(H,25,29). The monoisotopic (exact) mass is 404 g/mol. The van der Waals surface area contributed by atoms with Gasteiger partial charge in [0.15, 0.2) is 5.82 Å². The zero-order chi connectivity index (χ0) is 20.2. The summed E-state index contributed by atoms with van der Waals surface area (Å²) >= 11 is 5.39. The zero-order valence-corrected chi connectivity index (χ0v) is 16.9. The van der Waals surface area contributed by atoms with E-state index < -0.39 is 0 Å². The third-order valence-corrected chi connectivity index (χ3v) is 4.79. The molecule has 0 atom stereocenters. The number of H-pyrrole nitrogens is 1. The maximum absolute atomic E-state index is 5.54. The van der Waals surface area contributed by atoms with Crippen molar-refractivity contribution in [2.75, 3.05) is 13.7 Å². The van der Waals surface area contributed by atoms with Gasteiger partial charge in [-0.25, -0.2) is 5.10 Å². The molecule has 7 heteroatoms. The minimum Gasteiger partial charge on any atom is -0.496 e. The number of methoxy groups -OCH3 is 1. The Morgan fingerprint density at radius 1 is 1.10 bits per heavy atom. The van der Waals surface area contributed by atoms with Gasteiger partial charge in [-0.15, -0.1) is 0 Å². The van der Waals surface area contributed by atoms with Crippen LogP contribution in [0.2, 0.25) is 0 Å². The van der Waals surface area contributed by atoms with E-state index in [0.717, 1.165) is 33.4 Å². The molecule has 4 rings (SSSR count). The largest absolute Gasteiger partial charge is 0.496 e. The summed E-state index contributed by atoms with van der Waals surface area (Å²) in [5.41, 5.74) is 1.76. The maximum Gasteiger partial charge on any atom is 0.216 e. The predicted octanol–water partition coefficient (Wildman–Crippen LogP) is 5.05. The summed E-state index contributed by atoms with van der Waals surface area (Å²) in [7, 11) is 1.65. The summed E-state index contributed by atoms with van der Waals surface area (Å²) in [4.78, 5) is 0. The smallest absolute Gasteiger partial charge is 0.216 e. The first-order chi connectivity index (χ1) is 14.2. The summed E-state index contributed by atoms with van der Waals surface area (Å²) in [6, 6.07) is 19.7. The third-order valence-electron chi connectivity index (χ3n) is 4.53. The second kappa shape index (κ2) is 8.28. The van der Waals surface area contributed by atoms with E-state index in [9.17, 15) is 0 Å². The van der Waals surface area contributed by atoms with Gasteiger partial charge in [0.2, 0.25) is 4.77 Å². The van der Waals surface area contributed by atoms with Crippen molar-refractivity contribution in [2.45, 2.75) is 6.92 Å². The highest BCUT2D eigenvalue weighted by atomic mass is 32.1. The van der Waals surface area contributed by atoms with Crippen molar-refractivity contribution in [1.82, 2.24) is 14.9 Å². The molecule has 0 saturated carbocycles. The summed E-state index contributed by atoms with van der Waals surface area (Å²) < 4.78 is 13.1. The van der Waals surface area contributed by atoms with Gasteiger partial charge in [-0.05, 0) is 60.2 Å². The van der Waals surface area contributed by atoms with E-state index in [4.69, 9.17) is 21.7 Å². The highest BCUT2D eigenvalue weighted by Gasteiger charge is 2.10. The topological polar surface area (TPSA) is 64.4 Å². The van der Waals surface area contributed by atoms with Crippen LogP contribution in [0.15, 0.2) is 65.8 Å². The molecular weight excluding hydrogens is 384 g/mol. The Bertz CT molecular complexity index is 1230. The molecule has 0 fully saturated rings. The average molecular weight is 404 g/mol. The Balaban J connectivity index is 1.76. The lowest BCUT2D eigenvalue weighted by atomic mass is 10.0. The Kier molecular flexibility index (Phi) is 5.39. The van der Waals surface area contributed by atoms with E-state index in [1.807, 2.05) is 61.5 Å². The Labute approximate surface area is 173 Å². The lowest BCUT2D eigenvalue weighted by Gasteiger charge is -2.08. The van der Waals surface area contributed by atoms with Crippen molar-refractivity contribution in [2.24, 2.45) is 5.10 Å². The highest BCUT2D eigenvalue weighted by Crippen LogP contribution is 2.27. The zero-order valence-electron chi connectivity index (χ0n) is 16.1. The molecule has 0 saturated heterocycles. The van der Waals surface area contributed by atoms with Gasteiger partial charge in [0, 0.05) is 11.1 Å². The first-order valence-electron chi connectivity index (χ1n) is 9.22. The van der Waals surface area contributed by atoms with Gasteiger partial charge in [-0.2, -0.15) is 14.9 Å². The van der Waals surface area contributed by atoms with E-state index in [-0.39, 0.29) is 0 Å². The van der Waals surface area contributed by atoms with Gasteiger partial charge < -0.3 is 9.47 Å². The molecule has 0 aliphatic heterocycles. The van der Waals surface area contributed by atoms with Crippen molar-refractivity contribution >= 4 is 29.2 Å². The predicted molar refractivity (Wildman–Crippen MR) is 118 cm³/mol. The fraction of sp³-hybridized carbons (Fsp3) is 0.136. The van der Waals surface area contributed by atoms with Gasteiger partial charge in [-0.1, -0.05) is 30.3 Å². The Morgan fingerprint density at radius 3 is 2.66 bits per heavy atom. The minimum absolute atomic E-state index is 0.407. The second-order valence-electron chi connectivity index (χ2n) is 6.27. The van der Waals surface area contributed by atoms with E-state index in [0.29, 0.717) is 17.2 Å². The fourth-order valence-corrected chi connectivity index (χ4v) is 3.33. The van der Waals surface area contributed by atoms with Crippen LogP contribution in [0.4, 0.5) is 0 Å². The fourth-order valence-electron chi connectivity index (χ4n) is 3.15. The van der Waals surface area contributed by atoms with Gasteiger partial charge in [0.1, 0.15) is 11.5 Å². The summed E-state index contributed by atoms with van der Waals surface area (Å²) in [6.45, 7) is 2.57. The van der Waals surface area contributed by atoms with Crippen LogP contribution in [-0.4, -0.2) is 34.8 Å². The van der Waals surface area contributed by atoms with Crippen molar-refractivity contribution in [1.29, 1.82) is 0 Å². The number of hydrogen-bond acceptors (Lipinski definition) is 5. The SMILES string of the molecule is CCOc1ccc(-c2n[nH]c(=S)n2N=Cc2c(OC)ccc3ccccc23)cc1. The molecule has 0 bridgehead atoms. The van der Waals surface area contributed by atoms with E-state index in [1.54, 1.807) is 18.0 Å². The molecule has 0 radical (unpaired) electrons. The van der Waals surface area contributed by atoms with E-state index in [1.165, 1.54) is 0 Å². The average Bonchev–Trinajstić information content (AvgIpc) is 3.13. The molecule has 1 aromatic heterocycles. The summed E-state index contributed by atoms with van der Waals surface area (Å²) in [5.74, 6) is 2.17. The number of rotatable bonds is 6. The molecule has 3 aromatic carbocycles. The molecule has 0 amide bonds. The lowest BCUT2D eigenvalue weighted by Crippen LogP contribution is -1.98.